The van der Waals surface area contributed by atoms with Gasteiger partial charge in [-0.15, -0.1) is 0 Å². The van der Waals surface area contributed by atoms with Gasteiger partial charge in [0.25, 0.3) is 0 Å². The van der Waals surface area contributed by atoms with Crippen LogP contribution in [-0.2, 0) is 10.8 Å². The Hall–Kier alpha value is -1.49. The molecule has 0 aliphatic rings. The van der Waals surface area contributed by atoms with Crippen LogP contribution in [0.1, 0.15) is 11.7 Å². The van der Waals surface area contributed by atoms with E-state index in [0.29, 0.717) is 0 Å². The molecule has 2 aromatic carbocycles. The van der Waals surface area contributed by atoms with E-state index in [1.807, 2.05) is 48.5 Å². The van der Waals surface area contributed by atoms with Gasteiger partial charge < -0.3 is 11.5 Å². The minimum atomic E-state index is -1.18. The van der Waals surface area contributed by atoms with Crippen molar-refractivity contribution in [2.75, 3.05) is 0 Å². The van der Waals surface area contributed by atoms with E-state index in [2.05, 4.69) is 0 Å². The van der Waals surface area contributed by atoms with Gasteiger partial charge in [-0.1, -0.05) is 30.3 Å². The predicted molar refractivity (Wildman–Crippen MR) is 68.7 cm³/mol. The summed E-state index contributed by atoms with van der Waals surface area (Å²) in [6.07, 6.45) is -0.539. The zero-order valence-corrected chi connectivity index (χ0v) is 10.1. The lowest BCUT2D eigenvalue weighted by molar-refractivity contribution is 0.682. The van der Waals surface area contributed by atoms with Gasteiger partial charge in [-0.2, -0.15) is 0 Å². The molecule has 2 aromatic rings. The van der Waals surface area contributed by atoms with Crippen LogP contribution in [0.3, 0.4) is 0 Å². The number of hydrogen-bond donors (Lipinski definition) is 2. The Labute approximate surface area is 103 Å². The van der Waals surface area contributed by atoms with Crippen molar-refractivity contribution in [2.45, 2.75) is 16.0 Å². The lowest BCUT2D eigenvalue weighted by atomic mass is 10.2. The van der Waals surface area contributed by atoms with Crippen LogP contribution < -0.4 is 11.5 Å². The highest BCUT2D eigenvalue weighted by molar-refractivity contribution is 7.85. The quantitative estimate of drug-likeness (QED) is 0.811. The van der Waals surface area contributed by atoms with E-state index >= 15 is 0 Å². The third kappa shape index (κ3) is 2.79. The Balaban J connectivity index is 2.35. The lowest BCUT2D eigenvalue weighted by Crippen LogP contribution is -2.20. The van der Waals surface area contributed by atoms with Crippen LogP contribution in [0.5, 0.6) is 0 Å². The summed E-state index contributed by atoms with van der Waals surface area (Å²) in [6, 6.07) is 16.6. The summed E-state index contributed by atoms with van der Waals surface area (Å²) in [6.45, 7) is 0. The van der Waals surface area contributed by atoms with Crippen molar-refractivity contribution in [3.63, 3.8) is 0 Å². The zero-order chi connectivity index (χ0) is 12.3. The van der Waals surface area contributed by atoms with Crippen molar-refractivity contribution in [1.82, 2.24) is 0 Å². The van der Waals surface area contributed by atoms with Crippen LogP contribution in [0.4, 0.5) is 0 Å². The fourth-order valence-electron chi connectivity index (χ4n) is 1.52. The monoisotopic (exact) mass is 246 g/mol. The van der Waals surface area contributed by atoms with E-state index < -0.39 is 17.0 Å². The van der Waals surface area contributed by atoms with Crippen molar-refractivity contribution >= 4 is 10.8 Å². The molecule has 0 fully saturated rings. The second-order valence-corrected chi connectivity index (χ2v) is 5.16. The molecular weight excluding hydrogens is 232 g/mol. The van der Waals surface area contributed by atoms with Crippen LogP contribution in [0.15, 0.2) is 64.4 Å². The van der Waals surface area contributed by atoms with Crippen LogP contribution in [-0.4, -0.2) is 4.21 Å². The summed E-state index contributed by atoms with van der Waals surface area (Å²) < 4.78 is 12.3. The molecule has 4 heteroatoms. The minimum absolute atomic E-state index is 0.539. The number of hydrogen-bond acceptors (Lipinski definition) is 3. The fourth-order valence-corrected chi connectivity index (χ4v) is 2.64. The van der Waals surface area contributed by atoms with E-state index in [9.17, 15) is 4.21 Å². The second-order valence-electron chi connectivity index (χ2n) is 3.68. The van der Waals surface area contributed by atoms with Crippen molar-refractivity contribution < 1.29 is 4.21 Å². The van der Waals surface area contributed by atoms with Gasteiger partial charge in [0, 0.05) is 9.79 Å². The number of nitrogens with two attached hydrogens (primary N) is 2. The maximum Gasteiger partial charge on any atom is 0.0849 e. The summed E-state index contributed by atoms with van der Waals surface area (Å²) in [5.41, 5.74) is 12.0. The van der Waals surface area contributed by atoms with Gasteiger partial charge in [0.05, 0.1) is 17.0 Å². The molecule has 88 valence electrons. The van der Waals surface area contributed by atoms with E-state index in [4.69, 9.17) is 11.5 Å². The normalized spacial score (nSPS) is 12.6. The first-order valence-electron chi connectivity index (χ1n) is 5.26. The Morgan fingerprint density at radius 3 is 2.18 bits per heavy atom. The minimum Gasteiger partial charge on any atom is -0.312 e. The van der Waals surface area contributed by atoms with Crippen molar-refractivity contribution in [3.8, 4) is 0 Å². The molecule has 0 saturated carbocycles. The van der Waals surface area contributed by atoms with Crippen LogP contribution in [0, 0.1) is 0 Å². The highest BCUT2D eigenvalue weighted by Gasteiger charge is 2.08. The molecule has 0 saturated heterocycles. The Kier molecular flexibility index (Phi) is 3.68. The molecule has 3 nitrogen and oxygen atoms in total. The summed E-state index contributed by atoms with van der Waals surface area (Å²) in [4.78, 5) is 1.49. The molecule has 0 amide bonds. The average Bonchev–Trinajstić information content (AvgIpc) is 2.39. The van der Waals surface area contributed by atoms with Gasteiger partial charge in [0.2, 0.25) is 0 Å². The molecule has 2 rings (SSSR count). The summed E-state index contributed by atoms with van der Waals surface area (Å²) in [7, 11) is -1.18. The maximum absolute atomic E-state index is 12.3. The fraction of sp³-hybridized carbons (Fsp3) is 0.0769. The highest BCUT2D eigenvalue weighted by atomic mass is 32.2. The summed E-state index contributed by atoms with van der Waals surface area (Å²) in [5, 5.41) is 0. The van der Waals surface area contributed by atoms with E-state index in [0.717, 1.165) is 15.4 Å². The Morgan fingerprint density at radius 1 is 0.882 bits per heavy atom. The van der Waals surface area contributed by atoms with Gasteiger partial charge >= 0.3 is 0 Å². The predicted octanol–water partition coefficient (Wildman–Crippen LogP) is 1.77. The molecule has 0 aliphatic heterocycles. The first kappa shape index (κ1) is 12.0. The molecule has 0 bridgehead atoms. The highest BCUT2D eigenvalue weighted by Crippen LogP contribution is 2.18. The maximum atomic E-state index is 12.3. The number of benzene rings is 2. The SMILES string of the molecule is NC(N)c1cccc(S(=O)c2ccccc2)c1. The van der Waals surface area contributed by atoms with Gasteiger partial charge in [0.1, 0.15) is 0 Å². The van der Waals surface area contributed by atoms with Gasteiger partial charge in [0.15, 0.2) is 0 Å². The molecule has 0 radical (unpaired) electrons. The third-order valence-corrected chi connectivity index (χ3v) is 3.80. The standard InChI is InChI=1S/C13H14N2OS/c14-13(15)10-5-4-8-12(9-10)17(16)11-6-2-1-3-7-11/h1-9,13H,14-15H2. The summed E-state index contributed by atoms with van der Waals surface area (Å²) in [5.74, 6) is 0. The second kappa shape index (κ2) is 5.23. The van der Waals surface area contributed by atoms with Crippen LogP contribution >= 0.6 is 0 Å². The third-order valence-electron chi connectivity index (χ3n) is 2.41. The smallest absolute Gasteiger partial charge is 0.0849 e. The Morgan fingerprint density at radius 2 is 1.53 bits per heavy atom. The van der Waals surface area contributed by atoms with Crippen LogP contribution in [0.2, 0.25) is 0 Å². The van der Waals surface area contributed by atoms with E-state index in [-0.39, 0.29) is 0 Å². The Bertz CT molecular complexity index is 526. The van der Waals surface area contributed by atoms with Crippen LogP contribution in [0.25, 0.3) is 0 Å². The van der Waals surface area contributed by atoms with Gasteiger partial charge in [-0.25, -0.2) is 4.21 Å². The molecule has 4 N–H and O–H groups in total. The van der Waals surface area contributed by atoms with Crippen molar-refractivity contribution in [2.24, 2.45) is 11.5 Å². The zero-order valence-electron chi connectivity index (χ0n) is 9.24. The van der Waals surface area contributed by atoms with Gasteiger partial charge in [-0.05, 0) is 29.8 Å². The molecule has 0 aromatic heterocycles. The number of rotatable bonds is 3. The van der Waals surface area contributed by atoms with E-state index in [1.54, 1.807) is 6.07 Å². The molecule has 1 atom stereocenters. The molecule has 0 spiro atoms. The van der Waals surface area contributed by atoms with E-state index in [1.165, 1.54) is 0 Å². The molecule has 1 unspecified atom stereocenters. The summed E-state index contributed by atoms with van der Waals surface area (Å²) >= 11 is 0. The average molecular weight is 246 g/mol. The first-order chi connectivity index (χ1) is 8.18. The van der Waals surface area contributed by atoms with Crippen molar-refractivity contribution in [1.29, 1.82) is 0 Å². The topological polar surface area (TPSA) is 69.1 Å². The largest absolute Gasteiger partial charge is 0.312 e. The molecule has 0 aliphatic carbocycles. The first-order valence-corrected chi connectivity index (χ1v) is 6.41. The lowest BCUT2D eigenvalue weighted by Gasteiger charge is -2.08. The molecule has 17 heavy (non-hydrogen) atoms. The molecular formula is C13H14N2OS. The van der Waals surface area contributed by atoms with Gasteiger partial charge in [-0.3, -0.25) is 0 Å². The van der Waals surface area contributed by atoms with Crippen molar-refractivity contribution in [3.05, 3.63) is 60.2 Å². The molecule has 0 heterocycles.